The van der Waals surface area contributed by atoms with E-state index < -0.39 is 0 Å². The lowest BCUT2D eigenvalue weighted by atomic mass is 10.1. The molecule has 2 aromatic rings. The number of rotatable bonds is 2. The summed E-state index contributed by atoms with van der Waals surface area (Å²) in [5, 5.41) is 7.29. The van der Waals surface area contributed by atoms with Crippen molar-refractivity contribution in [3.05, 3.63) is 34.1 Å². The molecule has 1 saturated carbocycles. The molecule has 1 aliphatic carbocycles. The molecule has 1 aliphatic rings. The number of hydrogen-bond acceptors (Lipinski definition) is 2. The van der Waals surface area contributed by atoms with Crippen LogP contribution >= 0.6 is 12.2 Å². The fourth-order valence-corrected chi connectivity index (χ4v) is 2.56. The zero-order valence-corrected chi connectivity index (χ0v) is 10.8. The Labute approximate surface area is 105 Å². The number of hydrogen-bond donors (Lipinski definition) is 1. The number of aryl methyl sites for hydroxylation is 2. The van der Waals surface area contributed by atoms with Crippen LogP contribution in [-0.2, 0) is 0 Å². The average molecular weight is 245 g/mol. The van der Waals surface area contributed by atoms with E-state index in [1.807, 2.05) is 0 Å². The second kappa shape index (κ2) is 3.81. The molecule has 0 radical (unpaired) electrons. The lowest BCUT2D eigenvalue weighted by molar-refractivity contribution is 0.735. The maximum Gasteiger partial charge on any atom is 0.195 e. The smallest absolute Gasteiger partial charge is 0.195 e. The molecule has 17 heavy (non-hydrogen) atoms. The summed E-state index contributed by atoms with van der Waals surface area (Å²) in [6, 6.07) is 7.05. The molecule has 3 nitrogen and oxygen atoms in total. The third-order valence-electron chi connectivity index (χ3n) is 3.10. The number of nitrogens with one attached hydrogen (secondary N) is 1. The van der Waals surface area contributed by atoms with Gasteiger partial charge < -0.3 is 0 Å². The Kier molecular flexibility index (Phi) is 2.40. The van der Waals surface area contributed by atoms with Crippen LogP contribution in [0.25, 0.3) is 11.4 Å². The van der Waals surface area contributed by atoms with Crippen LogP contribution in [0.3, 0.4) is 0 Å². The third kappa shape index (κ3) is 1.93. The van der Waals surface area contributed by atoms with Crippen LogP contribution in [0.1, 0.15) is 30.0 Å². The predicted molar refractivity (Wildman–Crippen MR) is 70.6 cm³/mol. The van der Waals surface area contributed by atoms with Gasteiger partial charge in [0.2, 0.25) is 0 Å². The molecular formula is C13H15N3S. The summed E-state index contributed by atoms with van der Waals surface area (Å²) < 4.78 is 2.89. The number of benzene rings is 1. The van der Waals surface area contributed by atoms with Crippen LogP contribution in [0.15, 0.2) is 18.2 Å². The normalized spacial score (nSPS) is 15.2. The van der Waals surface area contributed by atoms with E-state index in [1.54, 1.807) is 0 Å². The van der Waals surface area contributed by atoms with Crippen molar-refractivity contribution in [2.45, 2.75) is 32.7 Å². The first kappa shape index (κ1) is 10.7. The minimum absolute atomic E-state index is 0.553. The predicted octanol–water partition coefficient (Wildman–Crippen LogP) is 3.56. The van der Waals surface area contributed by atoms with Crippen molar-refractivity contribution < 1.29 is 0 Å². The van der Waals surface area contributed by atoms with Gasteiger partial charge in [0, 0.05) is 11.6 Å². The molecular weight excluding hydrogens is 230 g/mol. The van der Waals surface area contributed by atoms with Gasteiger partial charge in [-0.3, -0.25) is 9.67 Å². The Morgan fingerprint density at radius 1 is 1.24 bits per heavy atom. The highest BCUT2D eigenvalue weighted by molar-refractivity contribution is 7.71. The molecule has 0 spiro atoms. The number of H-pyrrole nitrogens is 1. The third-order valence-corrected chi connectivity index (χ3v) is 3.38. The maximum atomic E-state index is 5.30. The topological polar surface area (TPSA) is 33.6 Å². The van der Waals surface area contributed by atoms with Gasteiger partial charge in [0.1, 0.15) is 0 Å². The summed E-state index contributed by atoms with van der Waals surface area (Å²) in [6.45, 7) is 4.22. The lowest BCUT2D eigenvalue weighted by Gasteiger charge is -2.07. The average Bonchev–Trinajstić information content (AvgIpc) is 3.01. The summed E-state index contributed by atoms with van der Waals surface area (Å²) in [4.78, 5) is 0. The van der Waals surface area contributed by atoms with E-state index in [1.165, 1.54) is 24.0 Å². The van der Waals surface area contributed by atoms with Gasteiger partial charge in [0.15, 0.2) is 10.6 Å². The van der Waals surface area contributed by atoms with Crippen molar-refractivity contribution in [1.82, 2.24) is 14.8 Å². The minimum Gasteiger partial charge on any atom is -0.297 e. The van der Waals surface area contributed by atoms with E-state index in [9.17, 15) is 0 Å². The molecule has 0 unspecified atom stereocenters. The lowest BCUT2D eigenvalue weighted by Crippen LogP contribution is -1.98. The summed E-state index contributed by atoms with van der Waals surface area (Å²) in [5.41, 5.74) is 3.68. The van der Waals surface area contributed by atoms with Gasteiger partial charge in [-0.1, -0.05) is 17.2 Å². The molecule has 1 N–H and O–H groups in total. The van der Waals surface area contributed by atoms with Crippen LogP contribution in [0.2, 0.25) is 0 Å². The Bertz CT molecular complexity index is 600. The van der Waals surface area contributed by atoms with E-state index in [0.29, 0.717) is 6.04 Å². The van der Waals surface area contributed by atoms with Crippen molar-refractivity contribution in [2.75, 3.05) is 0 Å². The van der Waals surface area contributed by atoms with Crippen molar-refractivity contribution in [3.63, 3.8) is 0 Å². The Balaban J connectivity index is 2.17. The van der Waals surface area contributed by atoms with Crippen molar-refractivity contribution >= 4 is 12.2 Å². The maximum absolute atomic E-state index is 5.30. The first-order valence-electron chi connectivity index (χ1n) is 5.91. The molecule has 88 valence electrons. The SMILES string of the molecule is Cc1cc(C)cc(-c2n[nH]c(=S)n2C2CC2)c1. The van der Waals surface area contributed by atoms with Crippen LogP contribution in [0, 0.1) is 18.6 Å². The van der Waals surface area contributed by atoms with Gasteiger partial charge in [-0.25, -0.2) is 0 Å². The summed E-state index contributed by atoms with van der Waals surface area (Å²) in [5.74, 6) is 0.976. The summed E-state index contributed by atoms with van der Waals surface area (Å²) in [6.07, 6.45) is 2.43. The van der Waals surface area contributed by atoms with E-state index in [0.717, 1.165) is 16.2 Å². The van der Waals surface area contributed by atoms with Gasteiger partial charge in [-0.2, -0.15) is 5.10 Å². The van der Waals surface area contributed by atoms with E-state index in [4.69, 9.17) is 12.2 Å². The van der Waals surface area contributed by atoms with Crippen LogP contribution in [0.5, 0.6) is 0 Å². The number of aromatic amines is 1. The quantitative estimate of drug-likeness (QED) is 0.821. The highest BCUT2D eigenvalue weighted by Gasteiger charge is 2.27. The number of aromatic nitrogens is 3. The molecule has 0 bridgehead atoms. The van der Waals surface area contributed by atoms with Crippen molar-refractivity contribution in [1.29, 1.82) is 0 Å². The first-order chi connectivity index (χ1) is 8.15. The fraction of sp³-hybridized carbons (Fsp3) is 0.385. The molecule has 0 aliphatic heterocycles. The van der Waals surface area contributed by atoms with E-state index in [-0.39, 0.29) is 0 Å². The second-order valence-corrected chi connectivity index (χ2v) is 5.22. The molecule has 1 aromatic carbocycles. The van der Waals surface area contributed by atoms with Gasteiger partial charge in [-0.05, 0) is 51.0 Å². The largest absolute Gasteiger partial charge is 0.297 e. The summed E-state index contributed by atoms with van der Waals surface area (Å²) >= 11 is 5.30. The van der Waals surface area contributed by atoms with Crippen molar-refractivity contribution in [3.8, 4) is 11.4 Å². The second-order valence-electron chi connectivity index (χ2n) is 4.83. The van der Waals surface area contributed by atoms with Crippen LogP contribution in [-0.4, -0.2) is 14.8 Å². The zero-order valence-electron chi connectivity index (χ0n) is 10.0. The highest BCUT2D eigenvalue weighted by atomic mass is 32.1. The molecule has 1 aromatic heterocycles. The molecule has 1 fully saturated rings. The zero-order chi connectivity index (χ0) is 12.0. The van der Waals surface area contributed by atoms with Gasteiger partial charge in [0.25, 0.3) is 0 Å². The van der Waals surface area contributed by atoms with E-state index in [2.05, 4.69) is 46.8 Å². The molecule has 0 saturated heterocycles. The molecule has 0 amide bonds. The standard InChI is InChI=1S/C13H15N3S/c1-8-5-9(2)7-10(6-8)12-14-15-13(17)16(12)11-3-4-11/h5-7,11H,3-4H2,1-2H3,(H,15,17). The van der Waals surface area contributed by atoms with Gasteiger partial charge >= 0.3 is 0 Å². The van der Waals surface area contributed by atoms with Gasteiger partial charge in [-0.15, -0.1) is 0 Å². The van der Waals surface area contributed by atoms with E-state index >= 15 is 0 Å². The molecule has 3 rings (SSSR count). The van der Waals surface area contributed by atoms with Crippen LogP contribution < -0.4 is 0 Å². The van der Waals surface area contributed by atoms with Gasteiger partial charge in [0.05, 0.1) is 0 Å². The highest BCUT2D eigenvalue weighted by Crippen LogP contribution is 2.38. The minimum atomic E-state index is 0.553. The molecule has 1 heterocycles. The Hall–Kier alpha value is -1.42. The molecule has 4 heteroatoms. The Morgan fingerprint density at radius 3 is 2.47 bits per heavy atom. The van der Waals surface area contributed by atoms with Crippen molar-refractivity contribution in [2.24, 2.45) is 0 Å². The van der Waals surface area contributed by atoms with Crippen LogP contribution in [0.4, 0.5) is 0 Å². The molecule has 0 atom stereocenters. The summed E-state index contributed by atoms with van der Waals surface area (Å²) in [7, 11) is 0. The monoisotopic (exact) mass is 245 g/mol. The number of nitrogens with zero attached hydrogens (tertiary/aromatic N) is 2. The fourth-order valence-electron chi connectivity index (χ4n) is 2.28. The first-order valence-corrected chi connectivity index (χ1v) is 6.31. The Morgan fingerprint density at radius 2 is 1.88 bits per heavy atom.